The molecule has 4 nitrogen and oxygen atoms in total. The molecule has 0 aliphatic rings. The van der Waals surface area contributed by atoms with Gasteiger partial charge in [0, 0.05) is 5.56 Å². The molecule has 0 aliphatic heterocycles. The Bertz CT molecular complexity index is 1120. The van der Waals surface area contributed by atoms with Gasteiger partial charge in [0.25, 0.3) is 5.91 Å². The first kappa shape index (κ1) is 18.7. The molecule has 0 saturated carbocycles. The Morgan fingerprint density at radius 1 is 0.931 bits per heavy atom. The number of carbonyl (C=O) groups is 1. The summed E-state index contributed by atoms with van der Waals surface area (Å²) in [7, 11) is 0. The first-order valence-electron chi connectivity index (χ1n) is 9.73. The SMILES string of the molecule is CC(C)c1ccc(/C=C(/NC(=O)c2ccccc2)c2nc3ccccc3[nH]2)cc1. The van der Waals surface area contributed by atoms with E-state index in [9.17, 15) is 4.79 Å². The molecule has 0 unspecified atom stereocenters. The van der Waals surface area contributed by atoms with Crippen molar-refractivity contribution >= 4 is 28.7 Å². The van der Waals surface area contributed by atoms with Crippen LogP contribution in [-0.2, 0) is 0 Å². The van der Waals surface area contributed by atoms with Gasteiger partial charge in [-0.05, 0) is 47.4 Å². The van der Waals surface area contributed by atoms with Crippen molar-refractivity contribution in [2.45, 2.75) is 19.8 Å². The Morgan fingerprint density at radius 2 is 1.62 bits per heavy atom. The van der Waals surface area contributed by atoms with E-state index in [2.05, 4.69) is 53.4 Å². The highest BCUT2D eigenvalue weighted by molar-refractivity contribution is 6.01. The van der Waals surface area contributed by atoms with Crippen LogP contribution >= 0.6 is 0 Å². The highest BCUT2D eigenvalue weighted by atomic mass is 16.1. The van der Waals surface area contributed by atoms with Crippen LogP contribution in [0.1, 0.15) is 47.1 Å². The van der Waals surface area contributed by atoms with Crippen LogP contribution in [0.3, 0.4) is 0 Å². The van der Waals surface area contributed by atoms with Gasteiger partial charge in [-0.2, -0.15) is 0 Å². The number of hydrogen-bond acceptors (Lipinski definition) is 2. The zero-order valence-electron chi connectivity index (χ0n) is 16.5. The minimum absolute atomic E-state index is 0.170. The van der Waals surface area contributed by atoms with E-state index in [0.29, 0.717) is 23.0 Å². The summed E-state index contributed by atoms with van der Waals surface area (Å²) in [4.78, 5) is 20.8. The monoisotopic (exact) mass is 381 g/mol. The van der Waals surface area contributed by atoms with E-state index in [1.165, 1.54) is 5.56 Å². The number of rotatable bonds is 5. The molecule has 1 heterocycles. The van der Waals surface area contributed by atoms with E-state index in [1.54, 1.807) is 12.1 Å². The molecule has 0 radical (unpaired) electrons. The number of amides is 1. The average molecular weight is 381 g/mol. The van der Waals surface area contributed by atoms with E-state index in [1.807, 2.05) is 48.5 Å². The van der Waals surface area contributed by atoms with Crippen molar-refractivity contribution in [3.05, 3.63) is 101 Å². The van der Waals surface area contributed by atoms with Crippen molar-refractivity contribution in [3.63, 3.8) is 0 Å². The van der Waals surface area contributed by atoms with Gasteiger partial charge in [0.2, 0.25) is 0 Å². The average Bonchev–Trinajstić information content (AvgIpc) is 3.18. The maximum Gasteiger partial charge on any atom is 0.255 e. The molecule has 144 valence electrons. The van der Waals surface area contributed by atoms with Crippen LogP contribution < -0.4 is 5.32 Å². The van der Waals surface area contributed by atoms with Crippen LogP contribution in [0.15, 0.2) is 78.9 Å². The Labute approximate surface area is 170 Å². The van der Waals surface area contributed by atoms with E-state index in [4.69, 9.17) is 0 Å². The highest BCUT2D eigenvalue weighted by Crippen LogP contribution is 2.20. The molecule has 4 aromatic rings. The van der Waals surface area contributed by atoms with Crippen molar-refractivity contribution in [3.8, 4) is 0 Å². The number of benzene rings is 3. The number of nitrogens with zero attached hydrogens (tertiary/aromatic N) is 1. The molecule has 4 rings (SSSR count). The summed E-state index contributed by atoms with van der Waals surface area (Å²) in [5.74, 6) is 0.931. The maximum absolute atomic E-state index is 12.8. The molecule has 1 amide bonds. The third-order valence-corrected chi connectivity index (χ3v) is 4.84. The predicted molar refractivity (Wildman–Crippen MR) is 118 cm³/mol. The van der Waals surface area contributed by atoms with Crippen LogP contribution in [0, 0.1) is 0 Å². The third-order valence-electron chi connectivity index (χ3n) is 4.84. The third kappa shape index (κ3) is 4.27. The topological polar surface area (TPSA) is 57.8 Å². The van der Waals surface area contributed by atoms with E-state index >= 15 is 0 Å². The smallest absolute Gasteiger partial charge is 0.255 e. The number of aromatic amines is 1. The number of H-pyrrole nitrogens is 1. The summed E-state index contributed by atoms with van der Waals surface area (Å²) in [6.45, 7) is 4.34. The van der Waals surface area contributed by atoms with E-state index in [0.717, 1.165) is 16.6 Å². The number of carbonyl (C=O) groups excluding carboxylic acids is 1. The number of nitrogens with one attached hydrogen (secondary N) is 2. The molecular weight excluding hydrogens is 358 g/mol. The van der Waals surface area contributed by atoms with Crippen LogP contribution in [-0.4, -0.2) is 15.9 Å². The number of fused-ring (bicyclic) bond motifs is 1. The van der Waals surface area contributed by atoms with Crippen molar-refractivity contribution in [2.24, 2.45) is 0 Å². The molecule has 1 aromatic heterocycles. The summed E-state index contributed by atoms with van der Waals surface area (Å²) in [5, 5.41) is 3.02. The second-order valence-electron chi connectivity index (χ2n) is 7.30. The van der Waals surface area contributed by atoms with Crippen molar-refractivity contribution in [2.75, 3.05) is 0 Å². The van der Waals surface area contributed by atoms with Crippen molar-refractivity contribution in [1.29, 1.82) is 0 Å². The van der Waals surface area contributed by atoms with Crippen LogP contribution in [0.4, 0.5) is 0 Å². The molecule has 2 N–H and O–H groups in total. The lowest BCUT2D eigenvalue weighted by molar-refractivity contribution is 0.0973. The number of para-hydroxylation sites is 2. The molecule has 0 bridgehead atoms. The molecule has 0 atom stereocenters. The summed E-state index contributed by atoms with van der Waals surface area (Å²) in [6.07, 6.45) is 1.95. The predicted octanol–water partition coefficient (Wildman–Crippen LogP) is 5.61. The first-order valence-corrected chi connectivity index (χ1v) is 9.73. The molecular formula is C25H23N3O. The quantitative estimate of drug-likeness (QED) is 0.472. The first-order chi connectivity index (χ1) is 14.1. The fourth-order valence-electron chi connectivity index (χ4n) is 3.17. The summed E-state index contributed by atoms with van der Waals surface area (Å²) >= 11 is 0. The van der Waals surface area contributed by atoms with E-state index < -0.39 is 0 Å². The molecule has 0 aliphatic carbocycles. The zero-order chi connectivity index (χ0) is 20.2. The minimum Gasteiger partial charge on any atom is -0.337 e. The summed E-state index contributed by atoms with van der Waals surface area (Å²) in [5.41, 5.74) is 5.30. The van der Waals surface area contributed by atoms with E-state index in [-0.39, 0.29) is 5.91 Å². The number of aromatic nitrogens is 2. The Balaban J connectivity index is 1.72. The van der Waals surface area contributed by atoms with Gasteiger partial charge in [-0.25, -0.2) is 4.98 Å². The standard InChI is InChI=1S/C25H23N3O/c1-17(2)19-14-12-18(13-15-19)16-23(28-25(29)20-8-4-3-5-9-20)24-26-21-10-6-7-11-22(21)27-24/h3-17H,1-2H3,(H,26,27)(H,28,29)/b23-16+. The maximum atomic E-state index is 12.8. The van der Waals surface area contributed by atoms with Crippen LogP contribution in [0.5, 0.6) is 0 Å². The number of hydrogen-bond donors (Lipinski definition) is 2. The van der Waals surface area contributed by atoms with Gasteiger partial charge in [-0.1, -0.05) is 68.4 Å². The fraction of sp³-hybridized carbons (Fsp3) is 0.120. The van der Waals surface area contributed by atoms with Gasteiger partial charge in [0.05, 0.1) is 16.7 Å². The highest BCUT2D eigenvalue weighted by Gasteiger charge is 2.13. The Morgan fingerprint density at radius 3 is 2.31 bits per heavy atom. The molecule has 0 fully saturated rings. The second kappa shape index (κ2) is 8.15. The largest absolute Gasteiger partial charge is 0.337 e. The van der Waals surface area contributed by atoms with Crippen molar-refractivity contribution < 1.29 is 4.79 Å². The lowest BCUT2D eigenvalue weighted by Gasteiger charge is -2.09. The molecule has 0 spiro atoms. The van der Waals surface area contributed by atoms with Gasteiger partial charge in [0.15, 0.2) is 5.82 Å². The van der Waals surface area contributed by atoms with Gasteiger partial charge < -0.3 is 10.3 Å². The second-order valence-corrected chi connectivity index (χ2v) is 7.30. The fourth-order valence-corrected chi connectivity index (χ4v) is 3.17. The molecule has 0 saturated heterocycles. The zero-order valence-corrected chi connectivity index (χ0v) is 16.5. The lowest BCUT2D eigenvalue weighted by atomic mass is 10.0. The van der Waals surface area contributed by atoms with Crippen LogP contribution in [0.2, 0.25) is 0 Å². The summed E-state index contributed by atoms with van der Waals surface area (Å²) < 4.78 is 0. The minimum atomic E-state index is -0.170. The van der Waals surface area contributed by atoms with Gasteiger partial charge in [-0.3, -0.25) is 4.79 Å². The van der Waals surface area contributed by atoms with Gasteiger partial charge >= 0.3 is 0 Å². The van der Waals surface area contributed by atoms with Gasteiger partial charge in [-0.15, -0.1) is 0 Å². The Kier molecular flexibility index (Phi) is 5.25. The van der Waals surface area contributed by atoms with Gasteiger partial charge in [0.1, 0.15) is 0 Å². The summed E-state index contributed by atoms with van der Waals surface area (Å²) in [6, 6.07) is 25.4. The van der Waals surface area contributed by atoms with Crippen LogP contribution in [0.25, 0.3) is 22.8 Å². The van der Waals surface area contributed by atoms with Crippen molar-refractivity contribution in [1.82, 2.24) is 15.3 Å². The Hall–Kier alpha value is -3.66. The molecule has 3 aromatic carbocycles. The normalized spacial score (nSPS) is 11.8. The molecule has 4 heteroatoms. The molecule has 29 heavy (non-hydrogen) atoms. The lowest BCUT2D eigenvalue weighted by Crippen LogP contribution is -2.22. The number of imidazole rings is 1.